The fourth-order valence-electron chi connectivity index (χ4n) is 4.26. The molecule has 4 atom stereocenters. The molecule has 1 N–H and O–H groups in total. The van der Waals surface area contributed by atoms with Gasteiger partial charge < -0.3 is 14.4 Å². The number of halogens is 1. The second-order valence-corrected chi connectivity index (χ2v) is 8.05. The third-order valence-corrected chi connectivity index (χ3v) is 6.17. The SMILES string of the molecule is CN1C2C=C[C@@]1(C)C[C@H](Oc1ccc(-c3ccc(-n4ccnc4)cc3O)nn1)[C@H]2F. The van der Waals surface area contributed by atoms with Crippen LogP contribution >= 0.6 is 0 Å². The smallest absolute Gasteiger partial charge is 0.233 e. The van der Waals surface area contributed by atoms with Crippen LogP contribution in [0.1, 0.15) is 13.3 Å². The predicted octanol–water partition coefficient (Wildman–Crippen LogP) is 3.15. The minimum Gasteiger partial charge on any atom is -0.507 e. The summed E-state index contributed by atoms with van der Waals surface area (Å²) in [6, 6.07) is 8.36. The summed E-state index contributed by atoms with van der Waals surface area (Å²) in [5.41, 5.74) is 1.63. The number of aromatic hydroxyl groups is 1. The van der Waals surface area contributed by atoms with E-state index >= 15 is 0 Å². The van der Waals surface area contributed by atoms with Crippen molar-refractivity contribution in [2.45, 2.75) is 37.2 Å². The van der Waals surface area contributed by atoms with Crippen molar-refractivity contribution in [1.29, 1.82) is 0 Å². The molecule has 7 nitrogen and oxygen atoms in total. The molecule has 0 saturated carbocycles. The Morgan fingerprint density at radius 2 is 2.10 bits per heavy atom. The number of phenolic OH excluding ortho intramolecular Hbond substituents is 1. The van der Waals surface area contributed by atoms with Crippen LogP contribution in [0.15, 0.2) is 61.2 Å². The number of nitrogens with zero attached hydrogens (tertiary/aromatic N) is 5. The van der Waals surface area contributed by atoms with Gasteiger partial charge in [0.05, 0.1) is 23.8 Å². The fourth-order valence-corrected chi connectivity index (χ4v) is 4.26. The van der Waals surface area contributed by atoms with Gasteiger partial charge >= 0.3 is 0 Å². The summed E-state index contributed by atoms with van der Waals surface area (Å²) in [6.07, 6.45) is 7.91. The quantitative estimate of drug-likeness (QED) is 0.670. The van der Waals surface area contributed by atoms with Crippen molar-refractivity contribution < 1.29 is 14.2 Å². The molecule has 0 spiro atoms. The number of alkyl halides is 1. The van der Waals surface area contributed by atoms with E-state index in [2.05, 4.69) is 28.2 Å². The highest BCUT2D eigenvalue weighted by molar-refractivity contribution is 5.68. The van der Waals surface area contributed by atoms with Gasteiger partial charge in [0, 0.05) is 42.0 Å². The summed E-state index contributed by atoms with van der Waals surface area (Å²) in [5.74, 6) is 0.354. The van der Waals surface area contributed by atoms with Crippen molar-refractivity contribution in [2.24, 2.45) is 0 Å². The molecule has 2 aliphatic rings. The highest BCUT2D eigenvalue weighted by Crippen LogP contribution is 2.40. The predicted molar refractivity (Wildman–Crippen MR) is 109 cm³/mol. The number of hydrogen-bond acceptors (Lipinski definition) is 6. The summed E-state index contributed by atoms with van der Waals surface area (Å²) in [4.78, 5) is 6.05. The zero-order valence-corrected chi connectivity index (χ0v) is 16.7. The van der Waals surface area contributed by atoms with Gasteiger partial charge in [0.1, 0.15) is 11.9 Å². The Bertz CT molecular complexity index is 1090. The normalized spacial score (nSPS) is 28.0. The van der Waals surface area contributed by atoms with E-state index in [9.17, 15) is 9.50 Å². The first-order valence-electron chi connectivity index (χ1n) is 9.83. The average Bonchev–Trinajstić information content (AvgIpc) is 3.34. The molecule has 0 aliphatic carbocycles. The van der Waals surface area contributed by atoms with Crippen LogP contribution in [0.25, 0.3) is 16.9 Å². The molecule has 4 heterocycles. The zero-order valence-electron chi connectivity index (χ0n) is 16.7. The van der Waals surface area contributed by atoms with Crippen molar-refractivity contribution >= 4 is 0 Å². The van der Waals surface area contributed by atoms with Gasteiger partial charge in [-0.1, -0.05) is 12.2 Å². The lowest BCUT2D eigenvalue weighted by atomic mass is 9.88. The molecule has 0 amide bonds. The van der Waals surface area contributed by atoms with Crippen LogP contribution in [0.3, 0.4) is 0 Å². The van der Waals surface area contributed by atoms with E-state index in [4.69, 9.17) is 4.74 Å². The van der Waals surface area contributed by atoms with Crippen molar-refractivity contribution in [2.75, 3.05) is 7.05 Å². The third-order valence-electron chi connectivity index (χ3n) is 6.17. The number of piperidine rings is 1. The molecule has 3 aromatic rings. The largest absolute Gasteiger partial charge is 0.507 e. The molecule has 154 valence electrons. The van der Waals surface area contributed by atoms with Crippen LogP contribution in [-0.2, 0) is 0 Å². The molecule has 0 radical (unpaired) electrons. The molecule has 5 rings (SSSR count). The number of likely N-dealkylation sites (N-methyl/N-ethyl adjacent to an activating group) is 1. The van der Waals surface area contributed by atoms with Crippen LogP contribution in [0.4, 0.5) is 4.39 Å². The molecule has 2 bridgehead atoms. The Kier molecular flexibility index (Phi) is 4.32. The Morgan fingerprint density at radius 3 is 2.80 bits per heavy atom. The molecule has 1 fully saturated rings. The molecular formula is C22H22FN5O2. The third kappa shape index (κ3) is 3.04. The van der Waals surface area contributed by atoms with E-state index in [1.165, 1.54) is 0 Å². The zero-order chi connectivity index (χ0) is 20.9. The van der Waals surface area contributed by atoms with Gasteiger partial charge in [-0.25, -0.2) is 9.37 Å². The van der Waals surface area contributed by atoms with Crippen molar-refractivity contribution in [3.63, 3.8) is 0 Å². The standard InChI is InChI=1S/C22H22FN5O2/c1-22-8-7-17(27(22)2)21(23)19(12-22)30-20-6-5-16(25-26-20)15-4-3-14(11-18(15)29)28-10-9-24-13-28/h3-11,13,17,19,21,29H,12H2,1-2H3/t17?,19-,21-,22-/m0/s1. The van der Waals surface area contributed by atoms with Crippen LogP contribution in [0.5, 0.6) is 11.6 Å². The number of fused-ring (bicyclic) bond motifs is 2. The van der Waals surface area contributed by atoms with Gasteiger partial charge in [-0.2, -0.15) is 0 Å². The first-order chi connectivity index (χ1) is 14.4. The lowest BCUT2D eigenvalue weighted by Crippen LogP contribution is -2.58. The lowest BCUT2D eigenvalue weighted by Gasteiger charge is -2.45. The van der Waals surface area contributed by atoms with Gasteiger partial charge in [0.2, 0.25) is 5.88 Å². The minimum absolute atomic E-state index is 0.0823. The molecular weight excluding hydrogens is 385 g/mol. The van der Waals surface area contributed by atoms with E-state index in [0.29, 0.717) is 17.7 Å². The fraction of sp³-hybridized carbons (Fsp3) is 0.318. The maximum atomic E-state index is 14.9. The molecule has 1 aromatic carbocycles. The van der Waals surface area contributed by atoms with Crippen LogP contribution in [0, 0.1) is 0 Å². The Morgan fingerprint density at radius 1 is 1.23 bits per heavy atom. The van der Waals surface area contributed by atoms with E-state index in [1.807, 2.05) is 24.1 Å². The molecule has 1 saturated heterocycles. The summed E-state index contributed by atoms with van der Waals surface area (Å²) >= 11 is 0. The first-order valence-corrected chi connectivity index (χ1v) is 9.83. The summed E-state index contributed by atoms with van der Waals surface area (Å²) < 4.78 is 22.5. The van der Waals surface area contributed by atoms with Gasteiger partial charge in [-0.3, -0.25) is 4.90 Å². The first kappa shape index (κ1) is 18.7. The maximum Gasteiger partial charge on any atom is 0.233 e. The minimum atomic E-state index is -1.14. The van der Waals surface area contributed by atoms with Gasteiger partial charge in [-0.05, 0) is 32.2 Å². The van der Waals surface area contributed by atoms with E-state index in [-0.39, 0.29) is 23.2 Å². The van der Waals surface area contributed by atoms with E-state index in [0.717, 1.165) is 5.69 Å². The highest BCUT2D eigenvalue weighted by Gasteiger charge is 2.50. The number of benzene rings is 1. The molecule has 2 aliphatic heterocycles. The Balaban J connectivity index is 1.33. The second kappa shape index (κ2) is 6.91. The van der Waals surface area contributed by atoms with Gasteiger partial charge in [0.15, 0.2) is 6.17 Å². The van der Waals surface area contributed by atoms with Crippen molar-refractivity contribution in [3.8, 4) is 28.6 Å². The number of rotatable bonds is 4. The molecule has 30 heavy (non-hydrogen) atoms. The highest BCUT2D eigenvalue weighted by atomic mass is 19.1. The maximum absolute atomic E-state index is 14.9. The monoisotopic (exact) mass is 407 g/mol. The molecule has 1 unspecified atom stereocenters. The number of phenols is 1. The van der Waals surface area contributed by atoms with E-state index < -0.39 is 12.3 Å². The molecule has 2 aromatic heterocycles. The second-order valence-electron chi connectivity index (χ2n) is 8.05. The average molecular weight is 407 g/mol. The number of hydrogen-bond donors (Lipinski definition) is 1. The molecule has 8 heteroatoms. The Labute approximate surface area is 173 Å². The number of imidazole rings is 1. The van der Waals surface area contributed by atoms with Crippen LogP contribution < -0.4 is 4.74 Å². The van der Waals surface area contributed by atoms with E-state index in [1.54, 1.807) is 47.6 Å². The number of ether oxygens (including phenoxy) is 1. The number of aromatic nitrogens is 4. The Hall–Kier alpha value is -3.26. The van der Waals surface area contributed by atoms with Crippen LogP contribution in [0.2, 0.25) is 0 Å². The van der Waals surface area contributed by atoms with Crippen LogP contribution in [-0.4, -0.2) is 60.7 Å². The van der Waals surface area contributed by atoms with Gasteiger partial charge in [0.25, 0.3) is 0 Å². The topological polar surface area (TPSA) is 76.3 Å². The summed E-state index contributed by atoms with van der Waals surface area (Å²) in [6.45, 7) is 2.08. The summed E-state index contributed by atoms with van der Waals surface area (Å²) in [7, 11) is 1.94. The van der Waals surface area contributed by atoms with Gasteiger partial charge in [-0.15, -0.1) is 10.2 Å². The van der Waals surface area contributed by atoms with Crippen molar-refractivity contribution in [1.82, 2.24) is 24.6 Å². The lowest BCUT2D eigenvalue weighted by molar-refractivity contribution is -0.0365. The van der Waals surface area contributed by atoms with Crippen molar-refractivity contribution in [3.05, 3.63) is 61.2 Å². The summed E-state index contributed by atoms with van der Waals surface area (Å²) in [5, 5.41) is 18.7.